The highest BCUT2D eigenvalue weighted by Crippen LogP contribution is 2.23. The van der Waals surface area contributed by atoms with Gasteiger partial charge in [0.25, 0.3) is 5.91 Å². The summed E-state index contributed by atoms with van der Waals surface area (Å²) in [6.45, 7) is 6.94. The predicted octanol–water partition coefficient (Wildman–Crippen LogP) is 0.245. The molecule has 0 aliphatic heterocycles. The molecule has 0 aromatic heterocycles. The van der Waals surface area contributed by atoms with Crippen LogP contribution in [-0.4, -0.2) is 24.5 Å². The maximum atomic E-state index is 11.5. The molecule has 1 aromatic carbocycles. The summed E-state index contributed by atoms with van der Waals surface area (Å²) in [6, 6.07) is 2.84. The van der Waals surface area contributed by atoms with Crippen LogP contribution in [0.5, 0.6) is 5.75 Å². The molecule has 19 heavy (non-hydrogen) atoms. The van der Waals surface area contributed by atoms with Gasteiger partial charge in [-0.05, 0) is 50.5 Å². The Morgan fingerprint density at radius 1 is 1.32 bits per heavy atom. The lowest BCUT2D eigenvalue weighted by molar-refractivity contribution is -0.307. The summed E-state index contributed by atoms with van der Waals surface area (Å²) >= 11 is 0. The molecule has 1 rings (SSSR count). The second-order valence-corrected chi connectivity index (χ2v) is 4.60. The Morgan fingerprint density at radius 3 is 2.53 bits per heavy atom. The van der Waals surface area contributed by atoms with Crippen molar-refractivity contribution in [3.8, 4) is 5.75 Å². The van der Waals surface area contributed by atoms with Crippen LogP contribution in [0.4, 0.5) is 0 Å². The number of amides is 1. The fourth-order valence-electron chi connectivity index (χ4n) is 1.64. The van der Waals surface area contributed by atoms with Crippen molar-refractivity contribution in [3.63, 3.8) is 0 Å². The molecular weight excluding hydrogens is 246 g/mol. The molecule has 0 saturated heterocycles. The first-order valence-electron chi connectivity index (χ1n) is 6.02. The number of rotatable bonds is 5. The highest BCUT2D eigenvalue weighted by Gasteiger charge is 2.10. The first-order chi connectivity index (χ1) is 8.81. The fourth-order valence-corrected chi connectivity index (χ4v) is 1.64. The van der Waals surface area contributed by atoms with Crippen LogP contribution in [0.15, 0.2) is 12.1 Å². The summed E-state index contributed by atoms with van der Waals surface area (Å²) in [5, 5.41) is 12.8. The van der Waals surface area contributed by atoms with Gasteiger partial charge in [-0.15, -0.1) is 0 Å². The Kier molecular flexibility index (Phi) is 4.92. The molecule has 5 nitrogen and oxygen atoms in total. The Bertz CT molecular complexity index is 496. The van der Waals surface area contributed by atoms with Crippen molar-refractivity contribution in [2.45, 2.75) is 33.7 Å². The van der Waals surface area contributed by atoms with E-state index in [1.807, 2.05) is 32.9 Å². The summed E-state index contributed by atoms with van der Waals surface area (Å²) in [5.74, 6) is -1.18. The number of carbonyl (C=O) groups is 2. The van der Waals surface area contributed by atoms with Crippen LogP contribution in [0.1, 0.15) is 23.6 Å². The van der Waals surface area contributed by atoms with Crippen LogP contribution in [0, 0.1) is 20.8 Å². The minimum atomic E-state index is -1.32. The third-order valence-electron chi connectivity index (χ3n) is 2.85. The van der Waals surface area contributed by atoms with Gasteiger partial charge >= 0.3 is 0 Å². The van der Waals surface area contributed by atoms with Gasteiger partial charge in [0.05, 0.1) is 12.0 Å². The number of hydrogen-bond donors (Lipinski definition) is 1. The second-order valence-electron chi connectivity index (χ2n) is 4.60. The van der Waals surface area contributed by atoms with E-state index in [0.29, 0.717) is 5.75 Å². The van der Waals surface area contributed by atoms with Crippen molar-refractivity contribution < 1.29 is 19.4 Å². The fraction of sp³-hybridized carbons (Fsp3) is 0.429. The normalized spacial score (nSPS) is 11.8. The number of carboxylic acid groups (broad SMARTS) is 1. The number of hydrogen-bond acceptors (Lipinski definition) is 4. The molecule has 1 amide bonds. The summed E-state index contributed by atoms with van der Waals surface area (Å²) < 4.78 is 5.42. The van der Waals surface area contributed by atoms with E-state index in [2.05, 4.69) is 5.32 Å². The summed E-state index contributed by atoms with van der Waals surface area (Å²) in [7, 11) is 0. The number of carboxylic acids is 1. The molecule has 0 heterocycles. The van der Waals surface area contributed by atoms with Gasteiger partial charge in [0.15, 0.2) is 6.61 Å². The van der Waals surface area contributed by atoms with Gasteiger partial charge in [-0.25, -0.2) is 0 Å². The lowest BCUT2D eigenvalue weighted by Crippen LogP contribution is -2.47. The second kappa shape index (κ2) is 6.22. The van der Waals surface area contributed by atoms with Crippen molar-refractivity contribution >= 4 is 11.9 Å². The monoisotopic (exact) mass is 264 g/mol. The van der Waals surface area contributed by atoms with Gasteiger partial charge in [-0.3, -0.25) is 4.79 Å². The van der Waals surface area contributed by atoms with Gasteiger partial charge in [0.2, 0.25) is 0 Å². The molecule has 1 aromatic rings. The van der Waals surface area contributed by atoms with E-state index in [9.17, 15) is 14.7 Å². The maximum Gasteiger partial charge on any atom is 0.258 e. The first kappa shape index (κ1) is 15.0. The topological polar surface area (TPSA) is 78.5 Å². The maximum absolute atomic E-state index is 11.5. The molecule has 0 radical (unpaired) electrons. The van der Waals surface area contributed by atoms with E-state index in [-0.39, 0.29) is 6.61 Å². The average molecular weight is 264 g/mol. The van der Waals surface area contributed by atoms with E-state index < -0.39 is 17.9 Å². The number of aryl methyl sites for hydroxylation is 2. The van der Waals surface area contributed by atoms with Gasteiger partial charge in [-0.1, -0.05) is 6.07 Å². The van der Waals surface area contributed by atoms with Crippen LogP contribution in [-0.2, 0) is 9.59 Å². The predicted molar refractivity (Wildman–Crippen MR) is 68.8 cm³/mol. The molecule has 0 fully saturated rings. The Hall–Kier alpha value is -2.04. The van der Waals surface area contributed by atoms with Gasteiger partial charge in [-0.2, -0.15) is 0 Å². The van der Waals surface area contributed by atoms with Crippen LogP contribution < -0.4 is 15.2 Å². The zero-order valence-electron chi connectivity index (χ0n) is 11.6. The Balaban J connectivity index is 2.62. The largest absolute Gasteiger partial charge is 0.548 e. The highest BCUT2D eigenvalue weighted by atomic mass is 16.5. The molecule has 0 aliphatic carbocycles. The van der Waals surface area contributed by atoms with E-state index in [1.54, 1.807) is 0 Å². The first-order valence-corrected chi connectivity index (χ1v) is 6.02. The molecular formula is C14H18NO4-. The third-order valence-corrected chi connectivity index (χ3v) is 2.85. The van der Waals surface area contributed by atoms with Crippen LogP contribution in [0.3, 0.4) is 0 Å². The van der Waals surface area contributed by atoms with Crippen molar-refractivity contribution in [2.24, 2.45) is 0 Å². The smallest absolute Gasteiger partial charge is 0.258 e. The van der Waals surface area contributed by atoms with E-state index >= 15 is 0 Å². The van der Waals surface area contributed by atoms with Gasteiger partial charge in [0, 0.05) is 0 Å². The lowest BCUT2D eigenvalue weighted by atomic mass is 10.1. The zero-order chi connectivity index (χ0) is 14.6. The Labute approximate surface area is 112 Å². The van der Waals surface area contributed by atoms with Crippen LogP contribution in [0.25, 0.3) is 0 Å². The molecule has 1 atom stereocenters. The number of aliphatic carboxylic acids is 1. The molecule has 0 saturated carbocycles. The minimum Gasteiger partial charge on any atom is -0.548 e. The lowest BCUT2D eigenvalue weighted by Gasteiger charge is -2.16. The van der Waals surface area contributed by atoms with Gasteiger partial charge < -0.3 is 20.0 Å². The molecule has 0 bridgehead atoms. The van der Waals surface area contributed by atoms with E-state index in [4.69, 9.17) is 4.74 Å². The molecule has 5 heteroatoms. The van der Waals surface area contributed by atoms with Crippen molar-refractivity contribution in [2.75, 3.05) is 6.61 Å². The SMILES string of the molecule is Cc1cc(C)c(C)c(OCC(=O)N[C@@H](C)C(=O)[O-])c1. The van der Waals surface area contributed by atoms with Gasteiger partial charge in [0.1, 0.15) is 5.75 Å². The zero-order valence-corrected chi connectivity index (χ0v) is 11.6. The summed E-state index contributed by atoms with van der Waals surface area (Å²) in [5.41, 5.74) is 3.09. The highest BCUT2D eigenvalue weighted by molar-refractivity contribution is 5.83. The van der Waals surface area contributed by atoms with E-state index in [0.717, 1.165) is 16.7 Å². The molecule has 104 valence electrons. The average Bonchev–Trinajstić information content (AvgIpc) is 2.31. The summed E-state index contributed by atoms with van der Waals surface area (Å²) in [4.78, 5) is 22.0. The Morgan fingerprint density at radius 2 is 1.95 bits per heavy atom. The molecule has 0 unspecified atom stereocenters. The number of benzene rings is 1. The molecule has 0 spiro atoms. The van der Waals surface area contributed by atoms with Crippen molar-refractivity contribution in [1.29, 1.82) is 0 Å². The third kappa shape index (κ3) is 4.28. The summed E-state index contributed by atoms with van der Waals surface area (Å²) in [6.07, 6.45) is 0. The van der Waals surface area contributed by atoms with Crippen LogP contribution in [0.2, 0.25) is 0 Å². The number of carbonyl (C=O) groups excluding carboxylic acids is 2. The minimum absolute atomic E-state index is 0.221. The van der Waals surface area contributed by atoms with Crippen molar-refractivity contribution in [1.82, 2.24) is 5.32 Å². The molecule has 1 N–H and O–H groups in total. The standard InChI is InChI=1S/C14H19NO4/c1-8-5-9(2)10(3)12(6-8)19-7-13(16)15-11(4)14(17)18/h5-6,11H,7H2,1-4H3,(H,15,16)(H,17,18)/p-1/t11-/m0/s1. The van der Waals surface area contributed by atoms with Crippen molar-refractivity contribution in [3.05, 3.63) is 28.8 Å². The number of ether oxygens (including phenoxy) is 1. The molecule has 0 aliphatic rings. The quantitative estimate of drug-likeness (QED) is 0.826. The number of nitrogens with one attached hydrogen (secondary N) is 1. The van der Waals surface area contributed by atoms with E-state index in [1.165, 1.54) is 6.92 Å². The van der Waals surface area contributed by atoms with Crippen LogP contribution >= 0.6 is 0 Å².